The van der Waals surface area contributed by atoms with Crippen molar-refractivity contribution in [3.8, 4) is 0 Å². The monoisotopic (exact) mass is 234 g/mol. The summed E-state index contributed by atoms with van der Waals surface area (Å²) in [6, 6.07) is 0. The minimum absolute atomic E-state index is 0.0698. The number of rotatable bonds is 5. The van der Waals surface area contributed by atoms with Crippen molar-refractivity contribution in [2.45, 2.75) is 57.9 Å². The van der Waals surface area contributed by atoms with Gasteiger partial charge in [0, 0.05) is 13.0 Å². The Hall–Kier alpha value is -0.200. The van der Waals surface area contributed by atoms with E-state index in [0.717, 1.165) is 0 Å². The third-order valence-corrected chi connectivity index (χ3v) is 2.48. The van der Waals surface area contributed by atoms with Crippen LogP contribution in [0, 0.1) is 0 Å². The van der Waals surface area contributed by atoms with Gasteiger partial charge in [-0.05, 0) is 20.8 Å². The normalized spacial score (nSPS) is 35.6. The first-order valence-corrected chi connectivity index (χ1v) is 5.79. The maximum Gasteiger partial charge on any atom is 0.160 e. The van der Waals surface area contributed by atoms with Gasteiger partial charge in [-0.3, -0.25) is 0 Å². The Bertz CT molecular complexity index is 197. The van der Waals surface area contributed by atoms with Gasteiger partial charge in [-0.15, -0.1) is 0 Å². The third-order valence-electron chi connectivity index (χ3n) is 2.48. The Morgan fingerprint density at radius 3 is 2.62 bits per heavy atom. The summed E-state index contributed by atoms with van der Waals surface area (Å²) < 4.78 is 16.2. The van der Waals surface area contributed by atoms with Gasteiger partial charge in [0.05, 0.1) is 18.8 Å². The lowest BCUT2D eigenvalue weighted by Crippen LogP contribution is -2.51. The predicted molar refractivity (Wildman–Crippen MR) is 58.0 cm³/mol. The number of aliphatic hydroxyl groups excluding tert-OH is 2. The van der Waals surface area contributed by atoms with Crippen molar-refractivity contribution in [3.63, 3.8) is 0 Å². The zero-order chi connectivity index (χ0) is 12.1. The van der Waals surface area contributed by atoms with Crippen LogP contribution in [0.25, 0.3) is 0 Å². The van der Waals surface area contributed by atoms with Crippen LogP contribution in [0.15, 0.2) is 0 Å². The summed E-state index contributed by atoms with van der Waals surface area (Å²) in [6.07, 6.45) is -2.33. The molecule has 1 saturated heterocycles. The highest BCUT2D eigenvalue weighted by molar-refractivity contribution is 4.82. The number of hydrogen-bond acceptors (Lipinski definition) is 5. The first-order chi connectivity index (χ1) is 7.54. The average molecular weight is 234 g/mol. The minimum Gasteiger partial charge on any atom is -0.390 e. The highest BCUT2D eigenvalue weighted by Crippen LogP contribution is 2.21. The molecule has 0 bridgehead atoms. The van der Waals surface area contributed by atoms with Gasteiger partial charge in [-0.25, -0.2) is 0 Å². The molecule has 5 heteroatoms. The molecule has 2 N–H and O–H groups in total. The predicted octanol–water partition coefficient (Wildman–Crippen LogP) is 0.285. The van der Waals surface area contributed by atoms with Gasteiger partial charge in [0.1, 0.15) is 12.2 Å². The molecule has 0 saturated carbocycles. The first-order valence-electron chi connectivity index (χ1n) is 5.79. The molecule has 0 spiro atoms. The van der Waals surface area contributed by atoms with Gasteiger partial charge in [-0.2, -0.15) is 0 Å². The fourth-order valence-electron chi connectivity index (χ4n) is 1.63. The summed E-state index contributed by atoms with van der Waals surface area (Å²) in [6.45, 7) is 6.46. The second-order valence-corrected chi connectivity index (χ2v) is 4.24. The molecule has 0 aliphatic carbocycles. The van der Waals surface area contributed by atoms with Gasteiger partial charge in [-0.1, -0.05) is 0 Å². The molecule has 16 heavy (non-hydrogen) atoms. The van der Waals surface area contributed by atoms with Crippen molar-refractivity contribution in [1.82, 2.24) is 0 Å². The number of aliphatic hydroxyl groups is 2. The van der Waals surface area contributed by atoms with Gasteiger partial charge >= 0.3 is 0 Å². The summed E-state index contributed by atoms with van der Waals surface area (Å²) in [4.78, 5) is 0. The van der Waals surface area contributed by atoms with Crippen LogP contribution in [0.4, 0.5) is 0 Å². The molecule has 0 radical (unpaired) electrons. The Balaban J connectivity index is 2.45. The highest BCUT2D eigenvalue weighted by atomic mass is 16.7. The standard InChI is InChI=1S/C11H22O5/c1-4-14-10-5-8(12)11(13)9(16-10)6-15-7(2)3/h7-13H,4-6H2,1-3H3/t8-,9-,10-,11+/m0/s1. The van der Waals surface area contributed by atoms with Gasteiger partial charge in [0.2, 0.25) is 0 Å². The van der Waals surface area contributed by atoms with Crippen molar-refractivity contribution < 1.29 is 24.4 Å². The Kier molecular flexibility index (Phi) is 5.64. The number of hydrogen-bond donors (Lipinski definition) is 2. The smallest absolute Gasteiger partial charge is 0.160 e. The molecule has 0 unspecified atom stereocenters. The van der Waals surface area contributed by atoms with E-state index in [-0.39, 0.29) is 12.7 Å². The lowest BCUT2D eigenvalue weighted by molar-refractivity contribution is -0.259. The summed E-state index contributed by atoms with van der Waals surface area (Å²) >= 11 is 0. The van der Waals surface area contributed by atoms with E-state index in [1.807, 2.05) is 20.8 Å². The Labute approximate surface area is 96.3 Å². The summed E-state index contributed by atoms with van der Waals surface area (Å²) in [5.74, 6) is 0. The van der Waals surface area contributed by atoms with Crippen LogP contribution < -0.4 is 0 Å². The van der Waals surface area contributed by atoms with Gasteiger partial charge in [0.25, 0.3) is 0 Å². The van der Waals surface area contributed by atoms with Gasteiger partial charge in [0.15, 0.2) is 6.29 Å². The summed E-state index contributed by atoms with van der Waals surface area (Å²) in [5.41, 5.74) is 0. The molecule has 1 fully saturated rings. The average Bonchev–Trinajstić information content (AvgIpc) is 2.21. The molecule has 4 atom stereocenters. The van der Waals surface area contributed by atoms with Crippen LogP contribution in [0.2, 0.25) is 0 Å². The van der Waals surface area contributed by atoms with E-state index >= 15 is 0 Å². The van der Waals surface area contributed by atoms with Crippen LogP contribution in [-0.4, -0.2) is 54.1 Å². The summed E-state index contributed by atoms with van der Waals surface area (Å²) in [7, 11) is 0. The molecule has 1 rings (SSSR count). The van der Waals surface area contributed by atoms with E-state index in [1.54, 1.807) is 0 Å². The van der Waals surface area contributed by atoms with Crippen molar-refractivity contribution >= 4 is 0 Å². The molecular weight excluding hydrogens is 212 g/mol. The second kappa shape index (κ2) is 6.51. The van der Waals surface area contributed by atoms with Crippen molar-refractivity contribution in [1.29, 1.82) is 0 Å². The molecule has 5 nitrogen and oxygen atoms in total. The van der Waals surface area contributed by atoms with Crippen molar-refractivity contribution in [3.05, 3.63) is 0 Å². The fraction of sp³-hybridized carbons (Fsp3) is 1.00. The van der Waals surface area contributed by atoms with Crippen LogP contribution in [-0.2, 0) is 14.2 Å². The molecule has 96 valence electrons. The SMILES string of the molecule is CCO[C@@H]1C[C@H](O)[C@@H](O)[C@H](COC(C)C)O1. The van der Waals surface area contributed by atoms with Crippen LogP contribution >= 0.6 is 0 Å². The fourth-order valence-corrected chi connectivity index (χ4v) is 1.63. The summed E-state index contributed by atoms with van der Waals surface area (Å²) in [5, 5.41) is 19.4. The topological polar surface area (TPSA) is 68.2 Å². The maximum absolute atomic E-state index is 9.73. The third kappa shape index (κ3) is 3.99. The molecule has 0 amide bonds. The van der Waals surface area contributed by atoms with E-state index in [9.17, 15) is 10.2 Å². The highest BCUT2D eigenvalue weighted by Gasteiger charge is 2.37. The largest absolute Gasteiger partial charge is 0.390 e. The quantitative estimate of drug-likeness (QED) is 0.715. The van der Waals surface area contributed by atoms with E-state index in [4.69, 9.17) is 14.2 Å². The van der Waals surface area contributed by atoms with Crippen LogP contribution in [0.3, 0.4) is 0 Å². The van der Waals surface area contributed by atoms with E-state index in [1.165, 1.54) is 0 Å². The zero-order valence-corrected chi connectivity index (χ0v) is 10.1. The van der Waals surface area contributed by atoms with Crippen LogP contribution in [0.5, 0.6) is 0 Å². The minimum atomic E-state index is -0.907. The Morgan fingerprint density at radius 1 is 1.38 bits per heavy atom. The molecule has 1 heterocycles. The lowest BCUT2D eigenvalue weighted by atomic mass is 10.0. The maximum atomic E-state index is 9.73. The van der Waals surface area contributed by atoms with Gasteiger partial charge < -0.3 is 24.4 Å². The molecular formula is C11H22O5. The molecule has 0 aromatic carbocycles. The lowest BCUT2D eigenvalue weighted by Gasteiger charge is -2.36. The first kappa shape index (κ1) is 13.9. The number of ether oxygens (including phenoxy) is 3. The molecule has 0 aromatic heterocycles. The zero-order valence-electron chi connectivity index (χ0n) is 10.1. The molecule has 0 aromatic rings. The van der Waals surface area contributed by atoms with Crippen molar-refractivity contribution in [2.24, 2.45) is 0 Å². The van der Waals surface area contributed by atoms with E-state index < -0.39 is 24.6 Å². The van der Waals surface area contributed by atoms with E-state index in [0.29, 0.717) is 13.0 Å². The van der Waals surface area contributed by atoms with Crippen LogP contribution in [0.1, 0.15) is 27.2 Å². The van der Waals surface area contributed by atoms with E-state index in [2.05, 4.69) is 0 Å². The second-order valence-electron chi connectivity index (χ2n) is 4.24. The molecule has 1 aliphatic heterocycles. The Morgan fingerprint density at radius 2 is 2.06 bits per heavy atom. The molecule has 1 aliphatic rings. The van der Waals surface area contributed by atoms with Crippen molar-refractivity contribution in [2.75, 3.05) is 13.2 Å².